The lowest BCUT2D eigenvalue weighted by Crippen LogP contribution is -2.65. The molecule has 0 spiro atoms. The molecule has 0 amide bonds. The van der Waals surface area contributed by atoms with E-state index in [0.29, 0.717) is 25.3 Å². The zero-order valence-corrected chi connectivity index (χ0v) is 39.2. The molecule has 2 unspecified atom stereocenters. The highest BCUT2D eigenvalue weighted by molar-refractivity contribution is 8.07. The van der Waals surface area contributed by atoms with Gasteiger partial charge in [-0.15, -0.1) is 14.5 Å². The molecule has 2 N–H and O–H groups in total. The van der Waals surface area contributed by atoms with E-state index < -0.39 is 74.0 Å². The SMILES string of the molecule is CC(C)[Si]1(C(C)C)OC[C@H]2C[C@@H](n3nnc4c(=O)[nH]cnc43)[C@H](OP(=S)(OCCC#N)OC[C@H]3C[C@@H](Oc4ccncn4)C[C@@H]3O[P+](=O)O)[C@@H]2O[Si](C(C)C)(C(C)C)O1. The Kier molecular flexibility index (Phi) is 15.0. The summed E-state index contributed by atoms with van der Waals surface area (Å²) in [6.07, 6.45) is 2.59. The summed E-state index contributed by atoms with van der Waals surface area (Å²) in [5.41, 5.74) is 0.117. The number of aromatic nitrogens is 7. The second-order valence-corrected chi connectivity index (χ2v) is 29.0. The average Bonchev–Trinajstić information content (AvgIpc) is 3.86. The number of nitrogens with one attached hydrogen (secondary N) is 1. The van der Waals surface area contributed by atoms with Crippen LogP contribution in [0.25, 0.3) is 11.2 Å². The van der Waals surface area contributed by atoms with Crippen LogP contribution in [0.3, 0.4) is 0 Å². The van der Waals surface area contributed by atoms with Gasteiger partial charge in [0, 0.05) is 41.7 Å². The summed E-state index contributed by atoms with van der Waals surface area (Å²) < 4.78 is 66.9. The Hall–Kier alpha value is -2.49. The second-order valence-electron chi connectivity index (χ2n) is 16.5. The fraction of sp³-hybridized carbons (Fsp3) is 0.743. The lowest BCUT2D eigenvalue weighted by molar-refractivity contribution is -0.0256. The fourth-order valence-electron chi connectivity index (χ4n) is 8.63. The van der Waals surface area contributed by atoms with Crippen LogP contribution in [0.4, 0.5) is 0 Å². The van der Waals surface area contributed by atoms with Crippen molar-refractivity contribution in [2.45, 2.75) is 134 Å². The van der Waals surface area contributed by atoms with Gasteiger partial charge in [0.1, 0.15) is 24.6 Å². The first kappa shape index (κ1) is 46.0. The van der Waals surface area contributed by atoms with Crippen LogP contribution in [0.5, 0.6) is 5.88 Å². The number of rotatable bonds is 17. The summed E-state index contributed by atoms with van der Waals surface area (Å²) >= 11 is 6.19. The Morgan fingerprint density at radius 2 is 1.81 bits per heavy atom. The lowest BCUT2D eigenvalue weighted by atomic mass is 10.1. The maximum atomic E-state index is 12.8. The van der Waals surface area contributed by atoms with Crippen molar-refractivity contribution in [1.29, 1.82) is 5.26 Å². The maximum absolute atomic E-state index is 12.8. The molecule has 6 rings (SSSR count). The van der Waals surface area contributed by atoms with Crippen molar-refractivity contribution in [3.63, 3.8) is 0 Å². The van der Waals surface area contributed by atoms with Gasteiger partial charge in [-0.2, -0.15) is 5.26 Å². The molecule has 3 aromatic heterocycles. The van der Waals surface area contributed by atoms with Gasteiger partial charge in [-0.3, -0.25) is 4.79 Å². The topological polar surface area (TPSA) is 237 Å². The summed E-state index contributed by atoms with van der Waals surface area (Å²) in [5.74, 6) is -0.367. The van der Waals surface area contributed by atoms with Crippen LogP contribution < -0.4 is 10.3 Å². The molecule has 1 saturated heterocycles. The number of nitrogens with zero attached hydrogens (tertiary/aromatic N) is 7. The average molecular weight is 914 g/mol. The van der Waals surface area contributed by atoms with Gasteiger partial charge < -0.3 is 36.3 Å². The standard InChI is InChI=1S/C35H54N8O11P2SSi2/c1-21(2)58(22(3)4)49-18-26-15-28(43-34-31(41-42-43)35(44)40-20-39-34)33(32(26)53-59(54-58,23(5)6)24(7)8)52-56(57,47-13-9-11-36)48-17-25-14-27(16-29(25)51-55(45)46)50-30-10-12-37-19-38-30/h10,12,19-29,32-33H,9,13-18H2,1-8H3,(H-,39,40,42,44,45,46)/p+1/t25-,26-,27-,28-,29+,32-,33+,56?/m1/s1. The van der Waals surface area contributed by atoms with Gasteiger partial charge in [0.25, 0.3) is 5.56 Å². The first-order valence-corrected chi connectivity index (χ1v) is 27.7. The first-order valence-electron chi connectivity index (χ1n) is 20.0. The monoisotopic (exact) mass is 913 g/mol. The smallest absolute Gasteiger partial charge is 0.474 e. The highest BCUT2D eigenvalue weighted by Crippen LogP contribution is 2.58. The third-order valence-electron chi connectivity index (χ3n) is 11.5. The predicted octanol–water partition coefficient (Wildman–Crippen LogP) is 6.27. The van der Waals surface area contributed by atoms with E-state index in [1.54, 1.807) is 16.9 Å². The summed E-state index contributed by atoms with van der Waals surface area (Å²) in [5, 5.41) is 18.1. The molecular formula is C35H55N8O11P2SSi2+. The molecule has 2 saturated carbocycles. The van der Waals surface area contributed by atoms with Crippen LogP contribution in [0.1, 0.15) is 87.1 Å². The number of hydrogen-bond donors (Lipinski definition) is 2. The number of ether oxygens (including phenoxy) is 1. The van der Waals surface area contributed by atoms with E-state index >= 15 is 0 Å². The largest absolute Gasteiger partial charge is 0.695 e. The summed E-state index contributed by atoms with van der Waals surface area (Å²) in [6, 6.07) is 3.07. The Morgan fingerprint density at radius 1 is 1.08 bits per heavy atom. The van der Waals surface area contributed by atoms with E-state index in [4.69, 9.17) is 47.6 Å². The normalized spacial score (nSPS) is 28.1. The van der Waals surface area contributed by atoms with E-state index in [0.717, 1.165) is 0 Å². The van der Waals surface area contributed by atoms with Gasteiger partial charge in [0.05, 0.1) is 44.2 Å². The van der Waals surface area contributed by atoms with Crippen molar-refractivity contribution in [3.05, 3.63) is 35.3 Å². The van der Waals surface area contributed by atoms with Crippen molar-refractivity contribution in [2.75, 3.05) is 19.8 Å². The predicted molar refractivity (Wildman–Crippen MR) is 222 cm³/mol. The van der Waals surface area contributed by atoms with Crippen LogP contribution >= 0.6 is 15.0 Å². The maximum Gasteiger partial charge on any atom is 0.695 e. The molecule has 3 aliphatic rings. The Balaban J connectivity index is 1.39. The van der Waals surface area contributed by atoms with Crippen molar-refractivity contribution >= 4 is 55.1 Å². The van der Waals surface area contributed by atoms with E-state index in [-0.39, 0.29) is 65.3 Å². The minimum Gasteiger partial charge on any atom is -0.474 e. The Labute approximate surface area is 351 Å². The summed E-state index contributed by atoms with van der Waals surface area (Å²) in [7, 11) is -9.05. The highest BCUT2D eigenvalue weighted by atomic mass is 32.5. The molecule has 2 aliphatic carbocycles. The Morgan fingerprint density at radius 3 is 2.46 bits per heavy atom. The molecule has 59 heavy (non-hydrogen) atoms. The third kappa shape index (κ3) is 9.93. The third-order valence-corrected chi connectivity index (χ3v) is 24.5. The molecule has 0 radical (unpaired) electrons. The molecule has 3 fully saturated rings. The molecule has 19 nitrogen and oxygen atoms in total. The quantitative estimate of drug-likeness (QED) is 0.0862. The molecule has 1 aliphatic heterocycles. The Bertz CT molecular complexity index is 2050. The van der Waals surface area contributed by atoms with Gasteiger partial charge in [-0.25, -0.2) is 19.6 Å². The van der Waals surface area contributed by atoms with Crippen LogP contribution in [-0.2, 0) is 47.4 Å². The van der Waals surface area contributed by atoms with Gasteiger partial charge in [-0.1, -0.05) is 60.6 Å². The zero-order valence-electron chi connectivity index (χ0n) is 34.6. The number of aromatic amines is 1. The van der Waals surface area contributed by atoms with Gasteiger partial charge in [0.2, 0.25) is 5.88 Å². The van der Waals surface area contributed by atoms with E-state index in [9.17, 15) is 19.5 Å². The second kappa shape index (κ2) is 19.3. The molecule has 0 aromatic carbocycles. The summed E-state index contributed by atoms with van der Waals surface area (Å²) in [4.78, 5) is 37.7. The number of H-pyrrole nitrogens is 1. The van der Waals surface area contributed by atoms with Gasteiger partial charge in [-0.05, 0) is 46.8 Å². The van der Waals surface area contributed by atoms with Crippen LogP contribution in [0.15, 0.2) is 29.7 Å². The molecular weight excluding hydrogens is 859 g/mol. The summed E-state index contributed by atoms with van der Waals surface area (Å²) in [6.45, 7) is 13.5. The fourth-order valence-corrected chi connectivity index (χ4v) is 22.6. The molecule has 4 heterocycles. The first-order chi connectivity index (χ1) is 28.0. The van der Waals surface area contributed by atoms with Crippen molar-refractivity contribution in [1.82, 2.24) is 34.9 Å². The zero-order chi connectivity index (χ0) is 42.7. The van der Waals surface area contributed by atoms with Gasteiger partial charge >= 0.3 is 32.1 Å². The molecule has 324 valence electrons. The molecule has 0 bridgehead atoms. The van der Waals surface area contributed by atoms with Crippen LogP contribution in [0.2, 0.25) is 22.2 Å². The van der Waals surface area contributed by atoms with Crippen LogP contribution in [0, 0.1) is 23.2 Å². The minimum absolute atomic E-state index is 0.00219. The van der Waals surface area contributed by atoms with E-state index in [1.165, 1.54) is 12.7 Å². The van der Waals surface area contributed by atoms with Crippen molar-refractivity contribution in [3.8, 4) is 11.9 Å². The molecule has 3 aromatic rings. The number of hydrogen-bond acceptors (Lipinski definition) is 17. The van der Waals surface area contributed by atoms with Gasteiger partial charge in [0.15, 0.2) is 11.2 Å². The number of fused-ring (bicyclic) bond motifs is 2. The molecule has 24 heteroatoms. The van der Waals surface area contributed by atoms with E-state index in [2.05, 4.69) is 91.7 Å². The number of nitriles is 1. The van der Waals surface area contributed by atoms with Crippen molar-refractivity contribution in [2.24, 2.45) is 11.8 Å². The molecule has 9 atom stereocenters. The lowest BCUT2D eigenvalue weighted by Gasteiger charge is -2.52. The highest BCUT2D eigenvalue weighted by Gasteiger charge is 2.62. The minimum atomic E-state index is -3.80. The van der Waals surface area contributed by atoms with Crippen LogP contribution in [-0.4, -0.2) is 101 Å². The van der Waals surface area contributed by atoms with E-state index in [1.807, 2.05) is 0 Å². The van der Waals surface area contributed by atoms with Crippen molar-refractivity contribution < 1.29 is 45.3 Å².